The molecule has 0 radical (unpaired) electrons. The smallest absolute Gasteiger partial charge is 1.00 e. The molecule has 0 rings (SSSR count). The van der Waals surface area contributed by atoms with E-state index in [1.807, 2.05) is 0 Å². The fraction of sp³-hybridized carbons (Fsp3) is 0. The van der Waals surface area contributed by atoms with Gasteiger partial charge >= 0.3 is 22.4 Å². The normalized spacial score (nSPS) is 0. The predicted octanol–water partition coefficient (Wildman–Crippen LogP) is -8.09. The Morgan fingerprint density at radius 2 is 0.500 bits per heavy atom. The number of hydrogen-bond acceptors (Lipinski definition) is 0. The van der Waals surface area contributed by atoms with Crippen LogP contribution in [0.25, 0.3) is 0 Å². The number of halogens is 3. The second-order valence-electron chi connectivity index (χ2n) is 0. The molecule has 0 fully saturated rings. The molecule has 0 unspecified atom stereocenters. The third-order valence-electron chi connectivity index (χ3n) is 0. The van der Waals surface area contributed by atoms with Crippen LogP contribution in [0.3, 0.4) is 0 Å². The molecule has 0 aliphatic heterocycles. The van der Waals surface area contributed by atoms with E-state index in [1.54, 1.807) is 0 Å². The fourth-order valence-corrected chi connectivity index (χ4v) is 0. The number of rotatable bonds is 0. The average molecular weight is 229 g/mol. The molecule has 6 heavy (non-hydrogen) atoms. The van der Waals surface area contributed by atoms with Crippen molar-refractivity contribution in [1.29, 1.82) is 0 Å². The summed E-state index contributed by atoms with van der Waals surface area (Å²) in [6, 6.07) is 0. The van der Waals surface area contributed by atoms with Crippen LogP contribution < -0.4 is 37.2 Å². The summed E-state index contributed by atoms with van der Waals surface area (Å²) in [5.41, 5.74) is 0. The van der Waals surface area contributed by atoms with Gasteiger partial charge in [-0.25, -0.2) is 0 Å². The summed E-state index contributed by atoms with van der Waals surface area (Å²) in [5.74, 6) is 0. The summed E-state index contributed by atoms with van der Waals surface area (Å²) >= 11 is 0. The molecule has 0 spiro atoms. The summed E-state index contributed by atoms with van der Waals surface area (Å²) in [5, 5.41) is 0. The molecule has 0 atom stereocenters. The van der Waals surface area contributed by atoms with Crippen molar-refractivity contribution in [2.45, 2.75) is 0 Å². The summed E-state index contributed by atoms with van der Waals surface area (Å²) in [6.07, 6.45) is 0. The van der Waals surface area contributed by atoms with Crippen LogP contribution >= 0.6 is 0 Å². The van der Waals surface area contributed by atoms with Crippen LogP contribution in [0, 0.1) is 14.9 Å². The van der Waals surface area contributed by atoms with Crippen LogP contribution in [0.4, 0.5) is 0 Å². The van der Waals surface area contributed by atoms with Gasteiger partial charge in [0.25, 0.3) is 0 Å². The zero-order valence-corrected chi connectivity index (χ0v) is 8.05. The van der Waals surface area contributed by atoms with Crippen LogP contribution in [-0.2, 0) is 22.4 Å². The maximum Gasteiger partial charge on any atom is 3.00 e. The molecule has 0 aromatic heterocycles. The maximum absolute atomic E-state index is 0. The molecular weight excluding hydrogens is 223 g/mol. The molecule has 0 nitrogen and oxygen atoms in total. The summed E-state index contributed by atoms with van der Waals surface area (Å²) in [7, 11) is 0. The van der Waals surface area contributed by atoms with Gasteiger partial charge in [-0.1, -0.05) is 0 Å². The molecule has 0 aliphatic rings. The minimum absolute atomic E-state index is 0. The minimum Gasteiger partial charge on any atom is -1.00 e. The molecule has 4 heteroatoms. The zero-order valence-electron chi connectivity index (χ0n) is 3.58. The Morgan fingerprint density at radius 1 is 0.500 bits per heavy atom. The van der Waals surface area contributed by atoms with Gasteiger partial charge in [0.15, 0.2) is 0 Å². The first-order valence-corrected chi connectivity index (χ1v) is 0. The van der Waals surface area contributed by atoms with Gasteiger partial charge in [0.05, 0.1) is 0 Å². The van der Waals surface area contributed by atoms with Crippen LogP contribution in [0.1, 0.15) is 0 Å². The van der Waals surface area contributed by atoms with Crippen molar-refractivity contribution in [2.24, 2.45) is 0 Å². The Morgan fingerprint density at radius 3 is 0.500 bits per heavy atom. The standard InChI is InChI=1S/2CH3.3ClH.Nb/h2*1H3;3*1H;/q2*-1;;;;+3/p-3. The fourth-order valence-electron chi connectivity index (χ4n) is 0. The third-order valence-corrected chi connectivity index (χ3v) is 0. The van der Waals surface area contributed by atoms with E-state index < -0.39 is 0 Å². The van der Waals surface area contributed by atoms with Gasteiger partial charge in [-0.15, -0.1) is 0 Å². The molecule has 0 bridgehead atoms. The van der Waals surface area contributed by atoms with E-state index in [9.17, 15) is 0 Å². The van der Waals surface area contributed by atoms with Crippen molar-refractivity contribution >= 4 is 0 Å². The Bertz CT molecular complexity index is 8.75. The van der Waals surface area contributed by atoms with Crippen molar-refractivity contribution in [3.63, 3.8) is 0 Å². The van der Waals surface area contributed by atoms with Crippen molar-refractivity contribution < 1.29 is 59.6 Å². The molecule has 0 saturated heterocycles. The first-order chi connectivity index (χ1) is 0. The Labute approximate surface area is 74.2 Å². The molecule has 0 aromatic carbocycles. The van der Waals surface area contributed by atoms with Crippen molar-refractivity contribution in [2.75, 3.05) is 0 Å². The van der Waals surface area contributed by atoms with E-state index in [2.05, 4.69) is 0 Å². The Kier molecular flexibility index (Phi) is 1720. The van der Waals surface area contributed by atoms with Gasteiger partial charge in [0.2, 0.25) is 0 Å². The molecular formula is C2H6Cl3Nb-2. The van der Waals surface area contributed by atoms with E-state index >= 15 is 0 Å². The van der Waals surface area contributed by atoms with Gasteiger partial charge in [-0.2, -0.15) is 0 Å². The SMILES string of the molecule is [CH3-].[CH3-].[Cl-].[Cl-].[Cl-].[Nb+3]. The molecule has 0 amide bonds. The summed E-state index contributed by atoms with van der Waals surface area (Å²) < 4.78 is 0. The van der Waals surface area contributed by atoms with Gasteiger partial charge in [-0.3, -0.25) is 0 Å². The zero-order chi connectivity index (χ0) is 0. The second-order valence-corrected chi connectivity index (χ2v) is 0. The summed E-state index contributed by atoms with van der Waals surface area (Å²) in [6.45, 7) is 0. The number of hydrogen-bond donors (Lipinski definition) is 0. The van der Waals surface area contributed by atoms with E-state index in [0.717, 1.165) is 0 Å². The molecule has 0 saturated carbocycles. The van der Waals surface area contributed by atoms with Crippen molar-refractivity contribution in [3.05, 3.63) is 14.9 Å². The quantitative estimate of drug-likeness (QED) is 0.286. The van der Waals surface area contributed by atoms with Crippen molar-refractivity contribution in [1.82, 2.24) is 0 Å². The Hall–Kier alpha value is 1.61. The topological polar surface area (TPSA) is 0 Å². The van der Waals surface area contributed by atoms with Gasteiger partial charge in [0.1, 0.15) is 0 Å². The molecule has 0 aromatic rings. The molecule has 0 N–H and O–H groups in total. The minimum atomic E-state index is 0. The van der Waals surface area contributed by atoms with Crippen LogP contribution in [0.15, 0.2) is 0 Å². The molecule has 0 aliphatic carbocycles. The van der Waals surface area contributed by atoms with E-state index in [4.69, 9.17) is 0 Å². The summed E-state index contributed by atoms with van der Waals surface area (Å²) in [4.78, 5) is 0. The first kappa shape index (κ1) is 128. The average Bonchev–Trinajstić information content (AvgIpc) is 0. The van der Waals surface area contributed by atoms with Gasteiger partial charge in [-0.05, 0) is 0 Å². The second kappa shape index (κ2) is 80.2. The van der Waals surface area contributed by atoms with Crippen molar-refractivity contribution in [3.8, 4) is 0 Å². The third kappa shape index (κ3) is 46.0. The predicted molar refractivity (Wildman–Crippen MR) is 12.8 cm³/mol. The van der Waals surface area contributed by atoms with Crippen LogP contribution in [0.5, 0.6) is 0 Å². The first-order valence-electron chi connectivity index (χ1n) is 0. The van der Waals surface area contributed by atoms with E-state index in [1.165, 1.54) is 0 Å². The Balaban J connectivity index is 0. The van der Waals surface area contributed by atoms with Crippen LogP contribution in [-0.4, -0.2) is 0 Å². The monoisotopic (exact) mass is 228 g/mol. The van der Waals surface area contributed by atoms with Gasteiger partial charge < -0.3 is 52.1 Å². The maximum atomic E-state index is 0. The molecule has 0 heterocycles. The van der Waals surface area contributed by atoms with E-state index in [0.29, 0.717) is 0 Å². The van der Waals surface area contributed by atoms with E-state index in [-0.39, 0.29) is 74.5 Å². The van der Waals surface area contributed by atoms with Crippen LogP contribution in [0.2, 0.25) is 0 Å². The van der Waals surface area contributed by atoms with Gasteiger partial charge in [0, 0.05) is 0 Å². The molecule has 42 valence electrons. The largest absolute Gasteiger partial charge is 3.00 e.